The highest BCUT2D eigenvalue weighted by Crippen LogP contribution is 2.22. The maximum atomic E-state index is 10.2. The lowest BCUT2D eigenvalue weighted by Crippen LogP contribution is -2.59. The molecule has 0 saturated carbocycles. The van der Waals surface area contributed by atoms with Crippen LogP contribution >= 0.6 is 0 Å². The fraction of sp³-hybridized carbons (Fsp3) is 0.917. The molecule has 1 fully saturated rings. The normalized spacial score (nSPS) is 28.3. The average Bonchev–Trinajstić information content (AvgIpc) is 2.79. The van der Waals surface area contributed by atoms with Crippen LogP contribution in [0.15, 0.2) is 12.2 Å². The lowest BCUT2D eigenvalue weighted by molar-refractivity contribution is -0.302. The Bertz CT molecular complexity index is 477. The second-order valence-electron chi connectivity index (χ2n) is 8.94. The van der Waals surface area contributed by atoms with Gasteiger partial charge in [0.1, 0.15) is 24.4 Å². The maximum Gasteiger partial charge on any atom is 0.186 e. The molecule has 32 heavy (non-hydrogen) atoms. The lowest BCUT2D eigenvalue weighted by atomic mass is 9.99. The van der Waals surface area contributed by atoms with Crippen LogP contribution in [0.5, 0.6) is 0 Å². The lowest BCUT2D eigenvalue weighted by Gasteiger charge is -2.39. The Kier molecular flexibility index (Phi) is 16.4. The minimum atomic E-state index is -1.50. The number of aliphatic hydroxyl groups is 5. The molecule has 0 amide bonds. The molecule has 1 heterocycles. The molecule has 0 aromatic carbocycles. The van der Waals surface area contributed by atoms with Crippen LogP contribution in [-0.2, 0) is 9.47 Å². The van der Waals surface area contributed by atoms with E-state index in [2.05, 4.69) is 6.92 Å². The molecule has 190 valence electrons. The van der Waals surface area contributed by atoms with Gasteiger partial charge in [-0.25, -0.2) is 0 Å². The molecule has 1 unspecified atom stereocenters. The Balaban J connectivity index is 2.10. The van der Waals surface area contributed by atoms with E-state index in [1.165, 1.54) is 64.2 Å². The van der Waals surface area contributed by atoms with Gasteiger partial charge in [0.2, 0.25) is 0 Å². The van der Waals surface area contributed by atoms with Crippen LogP contribution in [0.1, 0.15) is 84.0 Å². The first kappa shape index (κ1) is 29.5. The number of ether oxygens (including phenoxy) is 2. The average molecular weight is 462 g/mol. The van der Waals surface area contributed by atoms with Gasteiger partial charge in [0, 0.05) is 0 Å². The Labute approximate surface area is 193 Å². The number of nitrogens with two attached hydrogens (primary N) is 1. The second kappa shape index (κ2) is 17.8. The van der Waals surface area contributed by atoms with Gasteiger partial charge < -0.3 is 40.7 Å². The van der Waals surface area contributed by atoms with E-state index in [0.29, 0.717) is 0 Å². The fourth-order valence-electron chi connectivity index (χ4n) is 3.81. The fourth-order valence-corrected chi connectivity index (χ4v) is 3.81. The van der Waals surface area contributed by atoms with Crippen molar-refractivity contribution in [3.8, 4) is 0 Å². The minimum Gasteiger partial charge on any atom is -0.394 e. The Morgan fingerprint density at radius 1 is 0.875 bits per heavy atom. The van der Waals surface area contributed by atoms with Gasteiger partial charge in [-0.15, -0.1) is 0 Å². The molecule has 1 saturated heterocycles. The third-order valence-corrected chi connectivity index (χ3v) is 6.05. The number of rotatable bonds is 18. The SMILES string of the molecule is CCCCCCCCCCCCC/C=C/[C@H](O)[C@H](N)COC1O[C@H](CO)[C@H](O)[C@H](O)[C@H]1O. The summed E-state index contributed by atoms with van der Waals surface area (Å²) in [6, 6.07) is -0.740. The maximum absolute atomic E-state index is 10.2. The largest absolute Gasteiger partial charge is 0.394 e. The third-order valence-electron chi connectivity index (χ3n) is 6.05. The summed E-state index contributed by atoms with van der Waals surface area (Å²) in [4.78, 5) is 0. The molecular weight excluding hydrogens is 414 g/mol. The molecule has 1 aliphatic heterocycles. The molecule has 0 bridgehead atoms. The van der Waals surface area contributed by atoms with Crippen LogP contribution in [0.3, 0.4) is 0 Å². The van der Waals surface area contributed by atoms with Crippen molar-refractivity contribution in [2.45, 2.75) is 127 Å². The molecule has 8 nitrogen and oxygen atoms in total. The molecule has 0 aromatic rings. The summed E-state index contributed by atoms with van der Waals surface area (Å²) in [5.41, 5.74) is 5.93. The van der Waals surface area contributed by atoms with Crippen molar-refractivity contribution in [3.05, 3.63) is 12.2 Å². The first-order valence-corrected chi connectivity index (χ1v) is 12.4. The molecule has 8 heteroatoms. The van der Waals surface area contributed by atoms with Crippen LogP contribution in [0.4, 0.5) is 0 Å². The van der Waals surface area contributed by atoms with Crippen molar-refractivity contribution in [3.63, 3.8) is 0 Å². The molecule has 1 rings (SSSR count). The highest BCUT2D eigenvalue weighted by atomic mass is 16.7. The van der Waals surface area contributed by atoms with Crippen molar-refractivity contribution in [2.24, 2.45) is 5.73 Å². The summed E-state index contributed by atoms with van der Waals surface area (Å²) in [7, 11) is 0. The summed E-state index contributed by atoms with van der Waals surface area (Å²) in [6.07, 6.45) is 11.1. The van der Waals surface area contributed by atoms with Gasteiger partial charge in [-0.2, -0.15) is 0 Å². The van der Waals surface area contributed by atoms with Gasteiger partial charge in [-0.3, -0.25) is 0 Å². The topological polar surface area (TPSA) is 146 Å². The number of unbranched alkanes of at least 4 members (excludes halogenated alkanes) is 11. The summed E-state index contributed by atoms with van der Waals surface area (Å²) in [5, 5.41) is 48.8. The predicted octanol–water partition coefficient (Wildman–Crippen LogP) is 1.75. The van der Waals surface area contributed by atoms with Crippen LogP contribution in [0.2, 0.25) is 0 Å². The number of hydrogen-bond donors (Lipinski definition) is 6. The van der Waals surface area contributed by atoms with Gasteiger partial charge in [-0.05, 0) is 12.8 Å². The zero-order valence-electron chi connectivity index (χ0n) is 19.7. The number of hydrogen-bond acceptors (Lipinski definition) is 8. The van der Waals surface area contributed by atoms with Crippen molar-refractivity contribution in [1.29, 1.82) is 0 Å². The van der Waals surface area contributed by atoms with E-state index in [1.54, 1.807) is 6.08 Å². The van der Waals surface area contributed by atoms with E-state index in [4.69, 9.17) is 15.2 Å². The van der Waals surface area contributed by atoms with Crippen molar-refractivity contribution in [2.75, 3.05) is 13.2 Å². The van der Waals surface area contributed by atoms with Gasteiger partial charge in [0.25, 0.3) is 0 Å². The van der Waals surface area contributed by atoms with E-state index in [-0.39, 0.29) is 6.61 Å². The first-order chi connectivity index (χ1) is 15.4. The van der Waals surface area contributed by atoms with Crippen LogP contribution in [-0.4, -0.2) is 81.6 Å². The summed E-state index contributed by atoms with van der Waals surface area (Å²) < 4.78 is 10.6. The highest BCUT2D eigenvalue weighted by Gasteiger charge is 2.44. The van der Waals surface area contributed by atoms with E-state index in [9.17, 15) is 25.5 Å². The third kappa shape index (κ3) is 11.5. The molecule has 0 radical (unpaired) electrons. The zero-order chi connectivity index (χ0) is 23.8. The zero-order valence-corrected chi connectivity index (χ0v) is 19.7. The molecule has 0 aliphatic carbocycles. The minimum absolute atomic E-state index is 0.118. The van der Waals surface area contributed by atoms with Gasteiger partial charge in [0.15, 0.2) is 6.29 Å². The van der Waals surface area contributed by atoms with Gasteiger partial charge in [0.05, 0.1) is 25.4 Å². The number of aliphatic hydroxyl groups excluding tert-OH is 5. The van der Waals surface area contributed by atoms with Crippen LogP contribution < -0.4 is 5.73 Å². The molecule has 1 aliphatic rings. The van der Waals surface area contributed by atoms with Gasteiger partial charge >= 0.3 is 0 Å². The summed E-state index contributed by atoms with van der Waals surface area (Å²) in [5.74, 6) is 0. The smallest absolute Gasteiger partial charge is 0.186 e. The molecule has 7 atom stereocenters. The van der Waals surface area contributed by atoms with Gasteiger partial charge in [-0.1, -0.05) is 83.3 Å². The van der Waals surface area contributed by atoms with E-state index >= 15 is 0 Å². The first-order valence-electron chi connectivity index (χ1n) is 12.4. The van der Waals surface area contributed by atoms with Crippen molar-refractivity contribution in [1.82, 2.24) is 0 Å². The van der Waals surface area contributed by atoms with Crippen LogP contribution in [0.25, 0.3) is 0 Å². The highest BCUT2D eigenvalue weighted by molar-refractivity contribution is 4.94. The quantitative estimate of drug-likeness (QED) is 0.134. The van der Waals surface area contributed by atoms with E-state index in [1.807, 2.05) is 6.08 Å². The van der Waals surface area contributed by atoms with E-state index in [0.717, 1.165) is 12.8 Å². The molecule has 7 N–H and O–H groups in total. The summed E-state index contributed by atoms with van der Waals surface area (Å²) in [6.45, 7) is 1.60. The van der Waals surface area contributed by atoms with Crippen molar-refractivity contribution >= 4 is 0 Å². The molecular formula is C24H47NO7. The summed E-state index contributed by atoms with van der Waals surface area (Å²) >= 11 is 0. The Hall–Kier alpha value is -0.580. The van der Waals surface area contributed by atoms with Crippen LogP contribution in [0, 0.1) is 0 Å². The Morgan fingerprint density at radius 3 is 2.00 bits per heavy atom. The van der Waals surface area contributed by atoms with Crippen molar-refractivity contribution < 1.29 is 35.0 Å². The number of allylic oxidation sites excluding steroid dienone is 1. The standard InChI is InChI=1S/C24H47NO7/c1-2-3-4-5-6-7-8-9-10-11-12-13-14-15-19(27)18(25)17-31-24-23(30)22(29)21(28)20(16-26)32-24/h14-15,18-24,26-30H,2-13,16-17,25H2,1H3/b15-14+/t18-,19+,20-,21+,22+,23-,24?/m1/s1. The van der Waals surface area contributed by atoms with E-state index < -0.39 is 49.5 Å². The molecule has 0 aromatic heterocycles. The molecule has 0 spiro atoms. The predicted molar refractivity (Wildman–Crippen MR) is 124 cm³/mol. The Morgan fingerprint density at radius 2 is 1.44 bits per heavy atom. The second-order valence-corrected chi connectivity index (χ2v) is 8.94. The monoisotopic (exact) mass is 461 g/mol.